The van der Waals surface area contributed by atoms with Crippen molar-refractivity contribution in [1.29, 1.82) is 0 Å². The number of aliphatic hydroxyl groups excluding tert-OH is 1. The summed E-state index contributed by atoms with van der Waals surface area (Å²) in [4.78, 5) is 11.1. The second-order valence-corrected chi connectivity index (χ2v) is 4.71. The highest BCUT2D eigenvalue weighted by Gasteiger charge is 2.18. The Morgan fingerprint density at radius 3 is 3.00 bits per heavy atom. The molecule has 3 nitrogen and oxygen atoms in total. The van der Waals surface area contributed by atoms with Crippen molar-refractivity contribution in [2.45, 2.75) is 31.9 Å². The molecule has 0 saturated carbocycles. The Labute approximate surface area is 113 Å². The zero-order chi connectivity index (χ0) is 13.7. The lowest BCUT2D eigenvalue weighted by atomic mass is 10.0. The van der Waals surface area contributed by atoms with Gasteiger partial charge in [0, 0.05) is 12.5 Å². The van der Waals surface area contributed by atoms with Crippen LogP contribution in [0.4, 0.5) is 0 Å². The summed E-state index contributed by atoms with van der Waals surface area (Å²) in [5, 5.41) is 13.0. The summed E-state index contributed by atoms with van der Waals surface area (Å²) in [7, 11) is 0. The largest absolute Gasteiger partial charge is 0.384 e. The summed E-state index contributed by atoms with van der Waals surface area (Å²) in [6.07, 6.45) is 8.32. The fourth-order valence-corrected chi connectivity index (χ4v) is 2.17. The van der Waals surface area contributed by atoms with E-state index in [-0.39, 0.29) is 11.9 Å². The van der Waals surface area contributed by atoms with Crippen molar-refractivity contribution in [1.82, 2.24) is 5.32 Å². The molecule has 0 aliphatic carbocycles. The van der Waals surface area contributed by atoms with Crippen molar-refractivity contribution in [3.8, 4) is 0 Å². The number of aliphatic hydroxyl groups is 1. The van der Waals surface area contributed by atoms with Gasteiger partial charge in [0.15, 0.2) is 0 Å². The van der Waals surface area contributed by atoms with E-state index in [4.69, 9.17) is 0 Å². The Kier molecular flexibility index (Phi) is 4.53. The molecule has 1 aliphatic rings. The van der Waals surface area contributed by atoms with Crippen LogP contribution in [0.1, 0.15) is 37.0 Å². The molecule has 100 valence electrons. The number of allylic oxidation sites excluding steroid dienone is 1. The molecule has 0 bridgehead atoms. The first kappa shape index (κ1) is 13.6. The van der Waals surface area contributed by atoms with E-state index in [1.807, 2.05) is 49.4 Å². The molecule has 3 heteroatoms. The number of carbonyl (C=O) groups is 1. The van der Waals surface area contributed by atoms with Crippen molar-refractivity contribution in [2.24, 2.45) is 0 Å². The molecule has 0 aromatic heterocycles. The van der Waals surface area contributed by atoms with Crippen LogP contribution in [0.25, 0.3) is 6.08 Å². The van der Waals surface area contributed by atoms with E-state index in [2.05, 4.69) is 5.32 Å². The lowest BCUT2D eigenvalue weighted by Crippen LogP contribution is -2.23. The van der Waals surface area contributed by atoms with Crippen LogP contribution in [0, 0.1) is 0 Å². The van der Waals surface area contributed by atoms with E-state index < -0.39 is 6.10 Å². The molecule has 1 unspecified atom stereocenters. The third-order valence-corrected chi connectivity index (χ3v) is 3.17. The molecule has 0 radical (unpaired) electrons. The zero-order valence-corrected chi connectivity index (χ0v) is 11.0. The first-order valence-electron chi connectivity index (χ1n) is 6.57. The maximum Gasteiger partial charge on any atom is 0.220 e. The van der Waals surface area contributed by atoms with Crippen LogP contribution < -0.4 is 5.32 Å². The molecule has 2 atom stereocenters. The monoisotopic (exact) mass is 257 g/mol. The first-order valence-corrected chi connectivity index (χ1v) is 6.57. The minimum Gasteiger partial charge on any atom is -0.384 e. The molecule has 19 heavy (non-hydrogen) atoms. The summed E-state index contributed by atoms with van der Waals surface area (Å²) >= 11 is 0. The van der Waals surface area contributed by atoms with Gasteiger partial charge in [0.05, 0.1) is 6.10 Å². The molecule has 1 aliphatic heterocycles. The number of nitrogens with one attached hydrogen (secondary N) is 1. The van der Waals surface area contributed by atoms with Gasteiger partial charge in [-0.25, -0.2) is 0 Å². The summed E-state index contributed by atoms with van der Waals surface area (Å²) in [5.74, 6) is 0.0826. The minimum atomic E-state index is -0.636. The Bertz CT molecular complexity index is 505. The maximum atomic E-state index is 11.1. The van der Waals surface area contributed by atoms with Crippen molar-refractivity contribution in [2.75, 3.05) is 0 Å². The molecule has 1 aromatic rings. The van der Waals surface area contributed by atoms with Gasteiger partial charge >= 0.3 is 0 Å². The number of amides is 1. The van der Waals surface area contributed by atoms with E-state index in [9.17, 15) is 9.90 Å². The number of carbonyl (C=O) groups excluding carboxylic acids is 1. The second kappa shape index (κ2) is 6.34. The topological polar surface area (TPSA) is 49.3 Å². The van der Waals surface area contributed by atoms with Gasteiger partial charge in [0.1, 0.15) is 0 Å². The zero-order valence-electron chi connectivity index (χ0n) is 11.0. The molecular formula is C16H19NO2. The number of benzene rings is 1. The Morgan fingerprint density at radius 2 is 2.32 bits per heavy atom. The van der Waals surface area contributed by atoms with Crippen molar-refractivity contribution in [3.05, 3.63) is 53.6 Å². The average Bonchev–Trinajstić information content (AvgIpc) is 2.82. The molecule has 1 fully saturated rings. The van der Waals surface area contributed by atoms with Crippen molar-refractivity contribution in [3.63, 3.8) is 0 Å². The summed E-state index contributed by atoms with van der Waals surface area (Å²) in [6.45, 7) is 1.96. The number of hydrogen-bond acceptors (Lipinski definition) is 2. The molecule has 1 amide bonds. The van der Waals surface area contributed by atoms with Gasteiger partial charge in [-0.15, -0.1) is 0 Å². The number of hydrogen-bond donors (Lipinski definition) is 2. The van der Waals surface area contributed by atoms with E-state index in [1.165, 1.54) is 0 Å². The predicted octanol–water partition coefficient (Wildman–Crippen LogP) is 2.59. The normalized spacial score (nSPS) is 21.2. The van der Waals surface area contributed by atoms with E-state index in [1.54, 1.807) is 6.08 Å². The van der Waals surface area contributed by atoms with Crippen molar-refractivity contribution < 1.29 is 9.90 Å². The molecule has 1 saturated heterocycles. The lowest BCUT2D eigenvalue weighted by molar-refractivity contribution is -0.119. The highest BCUT2D eigenvalue weighted by atomic mass is 16.3. The van der Waals surface area contributed by atoms with E-state index >= 15 is 0 Å². The fraction of sp³-hybridized carbons (Fsp3) is 0.312. The van der Waals surface area contributed by atoms with Crippen LogP contribution in [0.2, 0.25) is 0 Å². The SMILES string of the molecule is C/C=C\c1cccc(C(O)/C=C/[C@H]2CCC(=O)N2)c1. The van der Waals surface area contributed by atoms with Gasteiger partial charge < -0.3 is 10.4 Å². The Hall–Kier alpha value is -1.87. The average molecular weight is 257 g/mol. The van der Waals surface area contributed by atoms with Gasteiger partial charge in [-0.2, -0.15) is 0 Å². The highest BCUT2D eigenvalue weighted by Crippen LogP contribution is 2.18. The summed E-state index contributed by atoms with van der Waals surface area (Å²) in [5.41, 5.74) is 1.93. The molecule has 2 N–H and O–H groups in total. The molecule has 1 aromatic carbocycles. The number of rotatable bonds is 4. The standard InChI is InChI=1S/C16H19NO2/c1-2-4-12-5-3-6-13(11-12)15(18)9-7-14-8-10-16(19)17-14/h2-7,9,11,14-15,18H,8,10H2,1H3,(H,17,19)/b4-2-,9-7+/t14-,15?/m0/s1. The van der Waals surface area contributed by atoms with E-state index in [0.717, 1.165) is 17.5 Å². The van der Waals surface area contributed by atoms with Crippen LogP contribution in [0.5, 0.6) is 0 Å². The minimum absolute atomic E-state index is 0.0564. The lowest BCUT2D eigenvalue weighted by Gasteiger charge is -2.09. The maximum absolute atomic E-state index is 11.1. The van der Waals surface area contributed by atoms with Crippen LogP contribution in [-0.2, 0) is 4.79 Å². The van der Waals surface area contributed by atoms with Gasteiger partial charge in [-0.05, 0) is 30.5 Å². The molecule has 1 heterocycles. The quantitative estimate of drug-likeness (QED) is 0.814. The Morgan fingerprint density at radius 1 is 1.47 bits per heavy atom. The summed E-state index contributed by atoms with van der Waals surface area (Å²) < 4.78 is 0. The third-order valence-electron chi connectivity index (χ3n) is 3.17. The van der Waals surface area contributed by atoms with E-state index in [0.29, 0.717) is 6.42 Å². The van der Waals surface area contributed by atoms with Crippen LogP contribution in [-0.4, -0.2) is 17.1 Å². The van der Waals surface area contributed by atoms with Gasteiger partial charge in [-0.1, -0.05) is 42.5 Å². The first-order chi connectivity index (χ1) is 9.19. The molecule has 2 rings (SSSR count). The van der Waals surface area contributed by atoms with Gasteiger partial charge in [-0.3, -0.25) is 4.79 Å². The fourth-order valence-electron chi connectivity index (χ4n) is 2.17. The molecular weight excluding hydrogens is 238 g/mol. The van der Waals surface area contributed by atoms with Gasteiger partial charge in [0.25, 0.3) is 0 Å². The summed E-state index contributed by atoms with van der Waals surface area (Å²) in [6, 6.07) is 7.84. The third kappa shape index (κ3) is 3.80. The predicted molar refractivity (Wildman–Crippen MR) is 76.4 cm³/mol. The van der Waals surface area contributed by atoms with Crippen LogP contribution in [0.3, 0.4) is 0 Å². The van der Waals surface area contributed by atoms with Crippen LogP contribution in [0.15, 0.2) is 42.5 Å². The highest BCUT2D eigenvalue weighted by molar-refractivity contribution is 5.78. The Balaban J connectivity index is 2.02. The van der Waals surface area contributed by atoms with Crippen molar-refractivity contribution >= 4 is 12.0 Å². The van der Waals surface area contributed by atoms with Crippen LogP contribution >= 0.6 is 0 Å². The van der Waals surface area contributed by atoms with Gasteiger partial charge in [0.2, 0.25) is 5.91 Å². The molecule has 0 spiro atoms. The smallest absolute Gasteiger partial charge is 0.220 e. The second-order valence-electron chi connectivity index (χ2n) is 4.71.